The van der Waals surface area contributed by atoms with E-state index >= 15 is 0 Å². The maximum Gasteiger partial charge on any atom is 0.225 e. The molecule has 1 amide bonds. The molecule has 0 fully saturated rings. The lowest BCUT2D eigenvalue weighted by molar-refractivity contribution is -0.116. The van der Waals surface area contributed by atoms with Crippen molar-refractivity contribution < 1.29 is 9.53 Å². The molecule has 112 valence electrons. The van der Waals surface area contributed by atoms with Crippen molar-refractivity contribution >= 4 is 17.3 Å². The van der Waals surface area contributed by atoms with E-state index in [-0.39, 0.29) is 5.91 Å². The number of nitrogen functional groups attached to an aromatic ring is 1. The van der Waals surface area contributed by atoms with Gasteiger partial charge in [-0.2, -0.15) is 0 Å². The monoisotopic (exact) mass is 279 g/mol. The van der Waals surface area contributed by atoms with E-state index in [0.29, 0.717) is 23.5 Å². The van der Waals surface area contributed by atoms with Gasteiger partial charge in [0.05, 0.1) is 18.5 Å². The second-order valence-electron chi connectivity index (χ2n) is 4.69. The molecule has 0 radical (unpaired) electrons. The van der Waals surface area contributed by atoms with Crippen LogP contribution < -0.4 is 15.8 Å². The molecule has 5 heteroatoms. The molecule has 0 aliphatic heterocycles. The van der Waals surface area contributed by atoms with Crippen LogP contribution in [0.25, 0.3) is 0 Å². The smallest absolute Gasteiger partial charge is 0.225 e. The molecule has 3 N–H and O–H groups in total. The summed E-state index contributed by atoms with van der Waals surface area (Å²) in [6, 6.07) is 5.24. The van der Waals surface area contributed by atoms with Gasteiger partial charge in [-0.05, 0) is 31.6 Å². The summed E-state index contributed by atoms with van der Waals surface area (Å²) in [5.74, 6) is 0.664. The normalized spacial score (nSPS) is 10.6. The van der Waals surface area contributed by atoms with Crippen LogP contribution >= 0.6 is 0 Å². The number of ether oxygens (including phenoxy) is 1. The number of benzene rings is 1. The standard InChI is InChI=1S/C15H25N3O2/c1-4-9-18(5-2)10-8-15(19)17-14-7-6-12(20-3)11-13(14)16/h6-7,11H,4-5,8-10,16H2,1-3H3,(H,17,19). The van der Waals surface area contributed by atoms with Gasteiger partial charge < -0.3 is 20.7 Å². The number of anilines is 2. The average molecular weight is 279 g/mol. The molecule has 0 aromatic heterocycles. The van der Waals surface area contributed by atoms with E-state index in [1.54, 1.807) is 25.3 Å². The molecule has 20 heavy (non-hydrogen) atoms. The quantitative estimate of drug-likeness (QED) is 0.717. The minimum Gasteiger partial charge on any atom is -0.497 e. The summed E-state index contributed by atoms with van der Waals surface area (Å²) in [6.07, 6.45) is 1.57. The highest BCUT2D eigenvalue weighted by Gasteiger charge is 2.08. The number of nitrogens with zero attached hydrogens (tertiary/aromatic N) is 1. The molecular weight excluding hydrogens is 254 g/mol. The molecule has 0 atom stereocenters. The van der Waals surface area contributed by atoms with Gasteiger partial charge >= 0.3 is 0 Å². The van der Waals surface area contributed by atoms with Gasteiger partial charge in [-0.1, -0.05) is 13.8 Å². The number of carbonyl (C=O) groups is 1. The highest BCUT2D eigenvalue weighted by molar-refractivity contribution is 5.94. The average Bonchev–Trinajstić information content (AvgIpc) is 2.45. The lowest BCUT2D eigenvalue weighted by Gasteiger charge is -2.19. The van der Waals surface area contributed by atoms with E-state index in [1.165, 1.54) is 0 Å². The van der Waals surface area contributed by atoms with Crippen LogP contribution in [0, 0.1) is 0 Å². The van der Waals surface area contributed by atoms with Crippen LogP contribution in [0.2, 0.25) is 0 Å². The van der Waals surface area contributed by atoms with Crippen molar-refractivity contribution in [3.05, 3.63) is 18.2 Å². The van der Waals surface area contributed by atoms with Crippen molar-refractivity contribution in [3.63, 3.8) is 0 Å². The zero-order valence-corrected chi connectivity index (χ0v) is 12.6. The van der Waals surface area contributed by atoms with Crippen LogP contribution in [0.1, 0.15) is 26.7 Å². The van der Waals surface area contributed by atoms with Crippen LogP contribution in [0.3, 0.4) is 0 Å². The van der Waals surface area contributed by atoms with Crippen molar-refractivity contribution in [2.45, 2.75) is 26.7 Å². The van der Waals surface area contributed by atoms with Crippen molar-refractivity contribution in [2.75, 3.05) is 37.8 Å². The first kappa shape index (κ1) is 16.3. The van der Waals surface area contributed by atoms with Crippen molar-refractivity contribution in [1.82, 2.24) is 4.90 Å². The Morgan fingerprint density at radius 3 is 2.65 bits per heavy atom. The molecule has 0 spiro atoms. The number of hydrogen-bond donors (Lipinski definition) is 2. The lowest BCUT2D eigenvalue weighted by Crippen LogP contribution is -2.28. The Kier molecular flexibility index (Phi) is 6.87. The van der Waals surface area contributed by atoms with E-state index in [2.05, 4.69) is 24.1 Å². The van der Waals surface area contributed by atoms with E-state index in [4.69, 9.17) is 10.5 Å². The molecule has 0 aliphatic rings. The summed E-state index contributed by atoms with van der Waals surface area (Å²) in [6.45, 7) is 7.00. The fourth-order valence-electron chi connectivity index (χ4n) is 2.00. The van der Waals surface area contributed by atoms with Crippen molar-refractivity contribution in [1.29, 1.82) is 0 Å². The Bertz CT molecular complexity index is 435. The number of carbonyl (C=O) groups excluding carboxylic acids is 1. The molecule has 0 saturated heterocycles. The van der Waals surface area contributed by atoms with Crippen LogP contribution in [0.5, 0.6) is 5.75 Å². The minimum atomic E-state index is -0.0172. The fourth-order valence-corrected chi connectivity index (χ4v) is 2.00. The lowest BCUT2D eigenvalue weighted by atomic mass is 10.2. The molecule has 1 aromatic rings. The third-order valence-electron chi connectivity index (χ3n) is 3.17. The zero-order chi connectivity index (χ0) is 15.0. The Labute approximate surface area is 121 Å². The minimum absolute atomic E-state index is 0.0172. The molecule has 1 aromatic carbocycles. The molecule has 0 bridgehead atoms. The SMILES string of the molecule is CCCN(CC)CCC(=O)Nc1ccc(OC)cc1N. The number of rotatable bonds is 8. The van der Waals surface area contributed by atoms with E-state index < -0.39 is 0 Å². The van der Waals surface area contributed by atoms with Gasteiger partial charge in [0.1, 0.15) is 5.75 Å². The number of nitrogens with two attached hydrogens (primary N) is 1. The number of methoxy groups -OCH3 is 1. The van der Waals surface area contributed by atoms with Gasteiger partial charge in [-0.3, -0.25) is 4.79 Å². The third-order valence-corrected chi connectivity index (χ3v) is 3.17. The third kappa shape index (κ3) is 5.09. The van der Waals surface area contributed by atoms with Gasteiger partial charge in [0.15, 0.2) is 0 Å². The van der Waals surface area contributed by atoms with E-state index in [1.807, 2.05) is 0 Å². The first-order valence-electron chi connectivity index (χ1n) is 7.06. The van der Waals surface area contributed by atoms with Gasteiger partial charge in [0, 0.05) is 19.0 Å². The number of nitrogens with one attached hydrogen (secondary N) is 1. The Balaban J connectivity index is 2.50. The first-order chi connectivity index (χ1) is 9.60. The Morgan fingerprint density at radius 1 is 1.35 bits per heavy atom. The van der Waals surface area contributed by atoms with E-state index in [9.17, 15) is 4.79 Å². The molecule has 0 heterocycles. The second-order valence-corrected chi connectivity index (χ2v) is 4.69. The van der Waals surface area contributed by atoms with Crippen molar-refractivity contribution in [2.24, 2.45) is 0 Å². The molecule has 0 aliphatic carbocycles. The summed E-state index contributed by atoms with van der Waals surface area (Å²) in [5, 5.41) is 2.84. The molecular formula is C15H25N3O2. The zero-order valence-electron chi connectivity index (χ0n) is 12.6. The van der Waals surface area contributed by atoms with Crippen LogP contribution in [-0.4, -0.2) is 37.6 Å². The number of amides is 1. The van der Waals surface area contributed by atoms with Gasteiger partial charge in [-0.15, -0.1) is 0 Å². The van der Waals surface area contributed by atoms with Gasteiger partial charge in [0.25, 0.3) is 0 Å². The Morgan fingerprint density at radius 2 is 2.10 bits per heavy atom. The highest BCUT2D eigenvalue weighted by atomic mass is 16.5. The van der Waals surface area contributed by atoms with E-state index in [0.717, 1.165) is 26.1 Å². The fraction of sp³-hybridized carbons (Fsp3) is 0.533. The molecule has 0 unspecified atom stereocenters. The van der Waals surface area contributed by atoms with Gasteiger partial charge in [0.2, 0.25) is 5.91 Å². The predicted molar refractivity (Wildman–Crippen MR) is 83.1 cm³/mol. The molecule has 5 nitrogen and oxygen atoms in total. The Hall–Kier alpha value is -1.75. The summed E-state index contributed by atoms with van der Waals surface area (Å²) in [5.41, 5.74) is 7.02. The highest BCUT2D eigenvalue weighted by Crippen LogP contribution is 2.24. The van der Waals surface area contributed by atoms with Crippen LogP contribution in [-0.2, 0) is 4.79 Å². The van der Waals surface area contributed by atoms with Crippen LogP contribution in [0.15, 0.2) is 18.2 Å². The number of hydrogen-bond acceptors (Lipinski definition) is 4. The first-order valence-corrected chi connectivity index (χ1v) is 7.06. The second kappa shape index (κ2) is 8.43. The van der Waals surface area contributed by atoms with Gasteiger partial charge in [-0.25, -0.2) is 0 Å². The molecule has 0 saturated carbocycles. The summed E-state index contributed by atoms with van der Waals surface area (Å²) < 4.78 is 5.08. The largest absolute Gasteiger partial charge is 0.497 e. The maximum atomic E-state index is 11.9. The predicted octanol–water partition coefficient (Wildman–Crippen LogP) is 2.34. The summed E-state index contributed by atoms with van der Waals surface area (Å²) in [4.78, 5) is 14.2. The van der Waals surface area contributed by atoms with Crippen molar-refractivity contribution in [3.8, 4) is 5.75 Å². The molecule has 1 rings (SSSR count). The summed E-state index contributed by atoms with van der Waals surface area (Å²) in [7, 11) is 1.58. The maximum absolute atomic E-state index is 11.9. The topological polar surface area (TPSA) is 67.6 Å². The van der Waals surface area contributed by atoms with Crippen LogP contribution in [0.4, 0.5) is 11.4 Å². The summed E-state index contributed by atoms with van der Waals surface area (Å²) >= 11 is 0.